The molecule has 0 fully saturated rings. The lowest BCUT2D eigenvalue weighted by Gasteiger charge is -2.07. The largest absolute Gasteiger partial charge is 0.352 e. The molecular formula is C14H11Cl2N5O. The molecule has 0 aliphatic carbocycles. The standard InChI is InChI=1S/C14H11Cl2N5O/c15-11-3-1-9(12(16)7-11)5-6-18-14(22)10-2-4-13(19-8-10)20-21-17/h1-4,7-8H,5-6H2,(H,18,22). The molecule has 0 aliphatic heterocycles. The number of rotatable bonds is 5. The van der Waals surface area contributed by atoms with E-state index in [-0.39, 0.29) is 11.7 Å². The highest BCUT2D eigenvalue weighted by molar-refractivity contribution is 6.35. The quantitative estimate of drug-likeness (QED) is 0.501. The van der Waals surface area contributed by atoms with Crippen molar-refractivity contribution in [2.45, 2.75) is 6.42 Å². The van der Waals surface area contributed by atoms with Crippen LogP contribution in [0.5, 0.6) is 0 Å². The summed E-state index contributed by atoms with van der Waals surface area (Å²) in [4.78, 5) is 18.4. The number of nitrogens with zero attached hydrogens (tertiary/aromatic N) is 4. The van der Waals surface area contributed by atoms with Crippen molar-refractivity contribution in [2.75, 3.05) is 6.54 Å². The summed E-state index contributed by atoms with van der Waals surface area (Å²) in [6, 6.07) is 8.26. The van der Waals surface area contributed by atoms with Crippen LogP contribution in [-0.4, -0.2) is 17.4 Å². The molecule has 1 N–H and O–H groups in total. The average molecular weight is 336 g/mol. The zero-order valence-corrected chi connectivity index (χ0v) is 12.8. The number of aromatic nitrogens is 1. The van der Waals surface area contributed by atoms with Crippen LogP contribution in [0.4, 0.5) is 5.82 Å². The molecule has 1 amide bonds. The molecule has 112 valence electrons. The number of hydrogen-bond donors (Lipinski definition) is 1. The highest BCUT2D eigenvalue weighted by atomic mass is 35.5. The van der Waals surface area contributed by atoms with Crippen LogP contribution in [0.25, 0.3) is 10.4 Å². The number of carbonyl (C=O) groups is 1. The molecule has 1 heterocycles. The molecule has 0 saturated heterocycles. The molecule has 22 heavy (non-hydrogen) atoms. The van der Waals surface area contributed by atoms with E-state index in [1.807, 2.05) is 6.07 Å². The van der Waals surface area contributed by atoms with E-state index in [4.69, 9.17) is 28.7 Å². The lowest BCUT2D eigenvalue weighted by atomic mass is 10.1. The lowest BCUT2D eigenvalue weighted by molar-refractivity contribution is 0.0954. The average Bonchev–Trinajstić information content (AvgIpc) is 2.50. The summed E-state index contributed by atoms with van der Waals surface area (Å²) in [5.74, 6) is -0.0444. The SMILES string of the molecule is [N-]=[N+]=Nc1ccc(C(=O)NCCc2ccc(Cl)cc2Cl)cn1. The van der Waals surface area contributed by atoms with Gasteiger partial charge in [0.1, 0.15) is 5.82 Å². The van der Waals surface area contributed by atoms with Crippen molar-refractivity contribution in [3.63, 3.8) is 0 Å². The zero-order valence-electron chi connectivity index (χ0n) is 11.3. The molecule has 0 spiro atoms. The van der Waals surface area contributed by atoms with Gasteiger partial charge in [0.15, 0.2) is 0 Å². The van der Waals surface area contributed by atoms with Gasteiger partial charge in [-0.05, 0) is 46.9 Å². The second-order valence-corrected chi connectivity index (χ2v) is 5.18. The number of halogens is 2. The first kappa shape index (κ1) is 16.1. The van der Waals surface area contributed by atoms with E-state index >= 15 is 0 Å². The third-order valence-corrected chi connectivity index (χ3v) is 3.44. The van der Waals surface area contributed by atoms with Crippen molar-refractivity contribution in [3.05, 3.63) is 68.1 Å². The van der Waals surface area contributed by atoms with E-state index in [0.717, 1.165) is 5.56 Å². The van der Waals surface area contributed by atoms with Gasteiger partial charge < -0.3 is 5.32 Å². The van der Waals surface area contributed by atoms with Gasteiger partial charge in [0, 0.05) is 27.7 Å². The van der Waals surface area contributed by atoms with Crippen LogP contribution < -0.4 is 5.32 Å². The number of benzene rings is 1. The molecule has 6 nitrogen and oxygen atoms in total. The third-order valence-electron chi connectivity index (χ3n) is 2.85. The fraction of sp³-hybridized carbons (Fsp3) is 0.143. The Morgan fingerprint density at radius 1 is 1.32 bits per heavy atom. The van der Waals surface area contributed by atoms with Gasteiger partial charge in [-0.25, -0.2) is 0 Å². The fourth-order valence-corrected chi connectivity index (χ4v) is 2.27. The monoisotopic (exact) mass is 335 g/mol. The van der Waals surface area contributed by atoms with Crippen LogP contribution in [0.15, 0.2) is 41.6 Å². The molecule has 0 saturated carbocycles. The fourth-order valence-electron chi connectivity index (χ4n) is 1.76. The van der Waals surface area contributed by atoms with E-state index in [0.29, 0.717) is 28.6 Å². The van der Waals surface area contributed by atoms with Gasteiger partial charge in [0.2, 0.25) is 0 Å². The van der Waals surface area contributed by atoms with E-state index in [2.05, 4.69) is 20.3 Å². The first-order chi connectivity index (χ1) is 10.6. The smallest absolute Gasteiger partial charge is 0.252 e. The van der Waals surface area contributed by atoms with Crippen molar-refractivity contribution >= 4 is 34.9 Å². The van der Waals surface area contributed by atoms with Gasteiger partial charge in [0.25, 0.3) is 5.91 Å². The summed E-state index contributed by atoms with van der Waals surface area (Å²) < 4.78 is 0. The molecule has 0 unspecified atom stereocenters. The summed E-state index contributed by atoms with van der Waals surface area (Å²) in [5, 5.41) is 7.25. The van der Waals surface area contributed by atoms with Gasteiger partial charge in [0.05, 0.1) is 5.56 Å². The Balaban J connectivity index is 1.91. The Labute approximate surface area is 136 Å². The number of pyridine rings is 1. The van der Waals surface area contributed by atoms with Crippen molar-refractivity contribution in [3.8, 4) is 0 Å². The predicted molar refractivity (Wildman–Crippen MR) is 85.5 cm³/mol. The number of amides is 1. The zero-order chi connectivity index (χ0) is 15.9. The summed E-state index contributed by atoms with van der Waals surface area (Å²) in [5.41, 5.74) is 9.58. The molecule has 2 aromatic rings. The van der Waals surface area contributed by atoms with Crippen molar-refractivity contribution in [2.24, 2.45) is 5.11 Å². The molecule has 1 aromatic carbocycles. The topological polar surface area (TPSA) is 90.8 Å². The molecule has 8 heteroatoms. The minimum absolute atomic E-state index is 0.215. The molecule has 2 rings (SSSR count). The maximum atomic E-state index is 11.9. The Morgan fingerprint density at radius 3 is 2.77 bits per heavy atom. The molecule has 0 atom stereocenters. The van der Waals surface area contributed by atoms with Crippen molar-refractivity contribution in [1.29, 1.82) is 0 Å². The minimum atomic E-state index is -0.259. The van der Waals surface area contributed by atoms with Crippen LogP contribution in [0, 0.1) is 0 Å². The van der Waals surface area contributed by atoms with E-state index < -0.39 is 0 Å². The molecular weight excluding hydrogens is 325 g/mol. The molecule has 0 aliphatic rings. The van der Waals surface area contributed by atoms with Gasteiger partial charge in [-0.2, -0.15) is 0 Å². The second kappa shape index (κ2) is 7.66. The minimum Gasteiger partial charge on any atom is -0.352 e. The van der Waals surface area contributed by atoms with Crippen molar-refractivity contribution < 1.29 is 4.79 Å². The Bertz CT molecular complexity index is 727. The summed E-state index contributed by atoms with van der Waals surface area (Å²) >= 11 is 11.9. The highest BCUT2D eigenvalue weighted by Crippen LogP contribution is 2.21. The van der Waals surface area contributed by atoms with E-state index in [1.54, 1.807) is 18.2 Å². The number of hydrogen-bond acceptors (Lipinski definition) is 3. The highest BCUT2D eigenvalue weighted by Gasteiger charge is 2.06. The number of carbonyl (C=O) groups excluding carboxylic acids is 1. The summed E-state index contributed by atoms with van der Waals surface area (Å²) in [7, 11) is 0. The first-order valence-corrected chi connectivity index (χ1v) is 7.09. The van der Waals surface area contributed by atoms with Crippen LogP contribution in [-0.2, 0) is 6.42 Å². The number of azide groups is 1. The molecule has 0 bridgehead atoms. The third kappa shape index (κ3) is 4.36. The maximum absolute atomic E-state index is 11.9. The van der Waals surface area contributed by atoms with Gasteiger partial charge in [-0.3, -0.25) is 9.78 Å². The lowest BCUT2D eigenvalue weighted by Crippen LogP contribution is -2.25. The van der Waals surface area contributed by atoms with E-state index in [9.17, 15) is 4.79 Å². The van der Waals surface area contributed by atoms with Crippen LogP contribution in [0.3, 0.4) is 0 Å². The van der Waals surface area contributed by atoms with Gasteiger partial charge in [-0.15, -0.1) is 0 Å². The second-order valence-electron chi connectivity index (χ2n) is 4.34. The number of nitrogens with one attached hydrogen (secondary N) is 1. The predicted octanol–water partition coefficient (Wildman–Crippen LogP) is 4.30. The van der Waals surface area contributed by atoms with Crippen LogP contribution in [0.2, 0.25) is 10.0 Å². The van der Waals surface area contributed by atoms with Gasteiger partial charge >= 0.3 is 0 Å². The van der Waals surface area contributed by atoms with Crippen LogP contribution >= 0.6 is 23.2 Å². The Hall–Kier alpha value is -2.27. The van der Waals surface area contributed by atoms with Crippen LogP contribution in [0.1, 0.15) is 15.9 Å². The van der Waals surface area contributed by atoms with Gasteiger partial charge in [-0.1, -0.05) is 29.3 Å². The summed E-state index contributed by atoms with van der Waals surface area (Å²) in [6.07, 6.45) is 1.95. The first-order valence-electron chi connectivity index (χ1n) is 6.33. The molecule has 0 radical (unpaired) electrons. The maximum Gasteiger partial charge on any atom is 0.252 e. The van der Waals surface area contributed by atoms with E-state index in [1.165, 1.54) is 12.3 Å². The molecule has 1 aromatic heterocycles. The van der Waals surface area contributed by atoms with Crippen molar-refractivity contribution in [1.82, 2.24) is 10.3 Å². The summed E-state index contributed by atoms with van der Waals surface area (Å²) in [6.45, 7) is 0.429. The Morgan fingerprint density at radius 2 is 2.14 bits per heavy atom. The Kier molecular flexibility index (Phi) is 5.61. The normalized spacial score (nSPS) is 9.91.